The second kappa shape index (κ2) is 7.24. The molecule has 1 heterocycles. The summed E-state index contributed by atoms with van der Waals surface area (Å²) in [5.74, 6) is 0. The fraction of sp³-hybridized carbons (Fsp3) is 0.438. The van der Waals surface area contributed by atoms with E-state index in [2.05, 4.69) is 10.4 Å². The lowest BCUT2D eigenvalue weighted by atomic mass is 10.1. The van der Waals surface area contributed by atoms with Crippen molar-refractivity contribution >= 4 is 5.69 Å². The summed E-state index contributed by atoms with van der Waals surface area (Å²) in [6, 6.07) is 8.09. The van der Waals surface area contributed by atoms with Crippen molar-refractivity contribution in [2.24, 2.45) is 0 Å². The van der Waals surface area contributed by atoms with Gasteiger partial charge in [-0.3, -0.25) is 4.68 Å². The van der Waals surface area contributed by atoms with Crippen LogP contribution in [0, 0.1) is 13.8 Å². The van der Waals surface area contributed by atoms with Crippen molar-refractivity contribution in [3.8, 4) is 0 Å². The Morgan fingerprint density at radius 1 is 1.10 bits per heavy atom. The highest BCUT2D eigenvalue weighted by Crippen LogP contribution is 2.16. The third kappa shape index (κ3) is 3.83. The molecule has 0 spiro atoms. The van der Waals surface area contributed by atoms with E-state index < -0.39 is 0 Å². The van der Waals surface area contributed by atoms with Crippen LogP contribution in [0.2, 0.25) is 0 Å². The van der Waals surface area contributed by atoms with Gasteiger partial charge in [0, 0.05) is 30.1 Å². The molecule has 0 fully saturated rings. The summed E-state index contributed by atoms with van der Waals surface area (Å²) >= 11 is 0. The number of aryl methyl sites for hydroxylation is 1. The van der Waals surface area contributed by atoms with E-state index in [1.165, 1.54) is 5.56 Å². The number of hydrogen-bond acceptors (Lipinski definition) is 4. The number of rotatable bonds is 7. The summed E-state index contributed by atoms with van der Waals surface area (Å²) in [6.45, 7) is 5.53. The zero-order valence-electron chi connectivity index (χ0n) is 12.6. The molecule has 5 heteroatoms. The van der Waals surface area contributed by atoms with Crippen LogP contribution in [0.3, 0.4) is 0 Å². The standard InChI is InChI=1S/C16H23N3O2/c1-12-16(13(2)19(18-12)8-10-21)11-17-15-5-3-14(4-6-15)7-9-20/h3-6,17,20-21H,7-11H2,1-2H3. The van der Waals surface area contributed by atoms with Gasteiger partial charge in [0.2, 0.25) is 0 Å². The number of anilines is 1. The van der Waals surface area contributed by atoms with Gasteiger partial charge in [-0.1, -0.05) is 12.1 Å². The first kappa shape index (κ1) is 15.5. The third-order valence-electron chi connectivity index (χ3n) is 3.67. The van der Waals surface area contributed by atoms with Crippen LogP contribution in [-0.4, -0.2) is 33.2 Å². The Labute approximate surface area is 125 Å². The average molecular weight is 289 g/mol. The molecule has 0 saturated heterocycles. The largest absolute Gasteiger partial charge is 0.396 e. The van der Waals surface area contributed by atoms with Crippen LogP contribution in [0.5, 0.6) is 0 Å². The SMILES string of the molecule is Cc1nn(CCO)c(C)c1CNc1ccc(CCO)cc1. The number of hydrogen-bond donors (Lipinski definition) is 3. The number of aliphatic hydroxyl groups is 2. The van der Waals surface area contributed by atoms with Gasteiger partial charge in [-0.25, -0.2) is 0 Å². The van der Waals surface area contributed by atoms with Gasteiger partial charge in [0.1, 0.15) is 0 Å². The molecule has 0 unspecified atom stereocenters. The molecule has 0 aliphatic carbocycles. The van der Waals surface area contributed by atoms with Crippen LogP contribution in [0.25, 0.3) is 0 Å². The van der Waals surface area contributed by atoms with Crippen LogP contribution < -0.4 is 5.32 Å². The molecule has 1 aromatic carbocycles. The predicted molar refractivity (Wildman–Crippen MR) is 83.3 cm³/mol. The molecule has 0 bridgehead atoms. The van der Waals surface area contributed by atoms with Gasteiger partial charge < -0.3 is 15.5 Å². The minimum atomic E-state index is 0.0984. The Balaban J connectivity index is 2.02. The van der Waals surface area contributed by atoms with E-state index in [0.29, 0.717) is 19.5 Å². The van der Waals surface area contributed by atoms with Crippen molar-refractivity contribution in [3.05, 3.63) is 46.8 Å². The van der Waals surface area contributed by atoms with Gasteiger partial charge in [0.25, 0.3) is 0 Å². The molecule has 0 aliphatic rings. The number of nitrogens with one attached hydrogen (secondary N) is 1. The molecule has 0 atom stereocenters. The van der Waals surface area contributed by atoms with Gasteiger partial charge in [-0.2, -0.15) is 5.10 Å². The summed E-state index contributed by atoms with van der Waals surface area (Å²) in [5.41, 5.74) is 5.43. The average Bonchev–Trinajstić information content (AvgIpc) is 2.74. The van der Waals surface area contributed by atoms with Gasteiger partial charge >= 0.3 is 0 Å². The Kier molecular flexibility index (Phi) is 5.36. The number of aliphatic hydroxyl groups excluding tert-OH is 2. The topological polar surface area (TPSA) is 70.3 Å². The van der Waals surface area contributed by atoms with Crippen molar-refractivity contribution in [3.63, 3.8) is 0 Å². The Bertz CT molecular complexity index is 576. The maximum atomic E-state index is 9.03. The maximum Gasteiger partial charge on any atom is 0.0646 e. The summed E-state index contributed by atoms with van der Waals surface area (Å²) in [7, 11) is 0. The third-order valence-corrected chi connectivity index (χ3v) is 3.67. The minimum Gasteiger partial charge on any atom is -0.396 e. The molecule has 0 aliphatic heterocycles. The first-order chi connectivity index (χ1) is 10.2. The zero-order chi connectivity index (χ0) is 15.2. The monoisotopic (exact) mass is 289 g/mol. The van der Waals surface area contributed by atoms with E-state index in [-0.39, 0.29) is 13.2 Å². The number of nitrogens with zero attached hydrogens (tertiary/aromatic N) is 2. The van der Waals surface area contributed by atoms with Gasteiger partial charge in [-0.15, -0.1) is 0 Å². The molecule has 114 valence electrons. The molecule has 5 nitrogen and oxygen atoms in total. The molecular weight excluding hydrogens is 266 g/mol. The van der Waals surface area contributed by atoms with E-state index in [1.54, 1.807) is 0 Å². The molecule has 2 rings (SSSR count). The van der Waals surface area contributed by atoms with E-state index in [9.17, 15) is 0 Å². The van der Waals surface area contributed by atoms with Crippen molar-refractivity contribution in [2.75, 3.05) is 18.5 Å². The lowest BCUT2D eigenvalue weighted by Gasteiger charge is -2.08. The smallest absolute Gasteiger partial charge is 0.0646 e. The summed E-state index contributed by atoms with van der Waals surface area (Å²) in [5, 5.41) is 25.8. The summed E-state index contributed by atoms with van der Waals surface area (Å²) in [4.78, 5) is 0. The van der Waals surface area contributed by atoms with Crippen LogP contribution in [-0.2, 0) is 19.5 Å². The number of benzene rings is 1. The second-order valence-corrected chi connectivity index (χ2v) is 5.12. The highest BCUT2D eigenvalue weighted by molar-refractivity contribution is 5.45. The normalized spacial score (nSPS) is 10.9. The lowest BCUT2D eigenvalue weighted by molar-refractivity contribution is 0.268. The highest BCUT2D eigenvalue weighted by atomic mass is 16.3. The zero-order valence-corrected chi connectivity index (χ0v) is 12.6. The van der Waals surface area contributed by atoms with Gasteiger partial charge in [-0.05, 0) is 38.0 Å². The van der Waals surface area contributed by atoms with E-state index >= 15 is 0 Å². The van der Waals surface area contributed by atoms with Crippen molar-refractivity contribution in [2.45, 2.75) is 33.4 Å². The number of aromatic nitrogens is 2. The summed E-state index contributed by atoms with van der Waals surface area (Å²) in [6.07, 6.45) is 0.687. The molecule has 2 aromatic rings. The molecule has 3 N–H and O–H groups in total. The fourth-order valence-corrected chi connectivity index (χ4v) is 2.41. The first-order valence-corrected chi connectivity index (χ1v) is 7.23. The van der Waals surface area contributed by atoms with Crippen molar-refractivity contribution in [1.82, 2.24) is 9.78 Å². The molecule has 0 saturated carbocycles. The van der Waals surface area contributed by atoms with Crippen LogP contribution >= 0.6 is 0 Å². The summed E-state index contributed by atoms with van der Waals surface area (Å²) < 4.78 is 1.84. The van der Waals surface area contributed by atoms with E-state index in [1.807, 2.05) is 42.8 Å². The first-order valence-electron chi connectivity index (χ1n) is 7.23. The minimum absolute atomic E-state index is 0.0984. The molecule has 1 aromatic heterocycles. The maximum absolute atomic E-state index is 9.03. The van der Waals surface area contributed by atoms with Gasteiger partial charge in [0.15, 0.2) is 0 Å². The van der Waals surface area contributed by atoms with Gasteiger partial charge in [0.05, 0.1) is 18.8 Å². The van der Waals surface area contributed by atoms with Crippen LogP contribution in [0.15, 0.2) is 24.3 Å². The second-order valence-electron chi connectivity index (χ2n) is 5.12. The molecular formula is C16H23N3O2. The van der Waals surface area contributed by atoms with Crippen LogP contribution in [0.4, 0.5) is 5.69 Å². The quantitative estimate of drug-likeness (QED) is 0.725. The Hall–Kier alpha value is -1.85. The molecule has 0 amide bonds. The molecule has 21 heavy (non-hydrogen) atoms. The van der Waals surface area contributed by atoms with E-state index in [0.717, 1.165) is 22.6 Å². The predicted octanol–water partition coefficient (Wildman–Crippen LogP) is 1.64. The fourth-order valence-electron chi connectivity index (χ4n) is 2.41. The Morgan fingerprint density at radius 2 is 1.81 bits per heavy atom. The van der Waals surface area contributed by atoms with Crippen molar-refractivity contribution < 1.29 is 10.2 Å². The lowest BCUT2D eigenvalue weighted by Crippen LogP contribution is -2.07. The van der Waals surface area contributed by atoms with E-state index in [4.69, 9.17) is 10.2 Å². The Morgan fingerprint density at radius 3 is 2.43 bits per heavy atom. The van der Waals surface area contributed by atoms with Crippen molar-refractivity contribution in [1.29, 1.82) is 0 Å². The highest BCUT2D eigenvalue weighted by Gasteiger charge is 2.10. The molecule has 0 radical (unpaired) electrons. The van der Waals surface area contributed by atoms with Crippen LogP contribution in [0.1, 0.15) is 22.5 Å².